The number of thioether (sulfide) groups is 1. The number of phenols is 1. The van der Waals surface area contributed by atoms with Gasteiger partial charge < -0.3 is 15.1 Å². The topological polar surface area (TPSA) is 77.8 Å². The highest BCUT2D eigenvalue weighted by Gasteiger charge is 2.41. The van der Waals surface area contributed by atoms with Gasteiger partial charge in [-0.1, -0.05) is 0 Å². The summed E-state index contributed by atoms with van der Waals surface area (Å²) in [5.74, 6) is -0.248. The zero-order valence-corrected chi connectivity index (χ0v) is 12.0. The minimum absolute atomic E-state index is 0.0814. The summed E-state index contributed by atoms with van der Waals surface area (Å²) >= 11 is 1.57. The molecule has 1 aromatic rings. The van der Waals surface area contributed by atoms with Gasteiger partial charge in [0.1, 0.15) is 12.3 Å². The highest BCUT2D eigenvalue weighted by molar-refractivity contribution is 8.01. The van der Waals surface area contributed by atoms with E-state index >= 15 is 0 Å². The number of phenolic OH excluding ortho intramolecular Hbond substituents is 1. The van der Waals surface area contributed by atoms with E-state index in [0.29, 0.717) is 5.69 Å². The van der Waals surface area contributed by atoms with Gasteiger partial charge in [-0.05, 0) is 49.8 Å². The van der Waals surface area contributed by atoms with Gasteiger partial charge in [-0.3, -0.25) is 9.59 Å². The molecule has 1 fully saturated rings. The fourth-order valence-electron chi connectivity index (χ4n) is 2.28. The average molecular weight is 295 g/mol. The number of carbonyl (C=O) groups excluding carboxylic acids is 1. The Morgan fingerprint density at radius 1 is 1.35 bits per heavy atom. The van der Waals surface area contributed by atoms with Crippen molar-refractivity contribution in [3.05, 3.63) is 24.3 Å². The second kappa shape index (κ2) is 5.75. The van der Waals surface area contributed by atoms with E-state index in [0.717, 1.165) is 18.6 Å². The number of hydrogen-bond acceptors (Lipinski definition) is 4. The Kier molecular flexibility index (Phi) is 4.23. The molecule has 1 aliphatic rings. The highest BCUT2D eigenvalue weighted by atomic mass is 32.2. The Hall–Kier alpha value is -1.69. The minimum Gasteiger partial charge on any atom is -0.508 e. The lowest BCUT2D eigenvalue weighted by molar-refractivity contribution is -0.136. The molecule has 20 heavy (non-hydrogen) atoms. The first-order valence-corrected chi connectivity index (χ1v) is 7.38. The molecule has 2 rings (SSSR count). The molecule has 1 saturated heterocycles. The third-order valence-electron chi connectivity index (χ3n) is 3.37. The predicted octanol–water partition coefficient (Wildman–Crippen LogP) is 2.10. The Bertz CT molecular complexity index is 508. The van der Waals surface area contributed by atoms with E-state index < -0.39 is 10.7 Å². The van der Waals surface area contributed by atoms with Crippen molar-refractivity contribution in [2.75, 3.05) is 17.2 Å². The monoisotopic (exact) mass is 295 g/mol. The molecule has 0 aliphatic carbocycles. The van der Waals surface area contributed by atoms with Gasteiger partial charge in [0.05, 0.1) is 4.75 Å². The number of hydrogen-bond donors (Lipinski definition) is 2. The fraction of sp³-hybridized carbons (Fsp3) is 0.429. The van der Waals surface area contributed by atoms with Crippen LogP contribution in [-0.4, -0.2) is 39.1 Å². The van der Waals surface area contributed by atoms with E-state index in [2.05, 4.69) is 0 Å². The van der Waals surface area contributed by atoms with Crippen LogP contribution in [0.1, 0.15) is 19.8 Å². The number of aromatic hydroxyl groups is 1. The molecule has 1 aromatic carbocycles. The molecule has 0 aromatic heterocycles. The van der Waals surface area contributed by atoms with Crippen molar-refractivity contribution in [3.63, 3.8) is 0 Å². The Labute approximate surface area is 121 Å². The van der Waals surface area contributed by atoms with Gasteiger partial charge in [-0.2, -0.15) is 0 Å². The first-order valence-electron chi connectivity index (χ1n) is 6.39. The molecule has 1 aliphatic heterocycles. The molecule has 1 atom stereocenters. The summed E-state index contributed by atoms with van der Waals surface area (Å²) in [6, 6.07) is 6.00. The number of benzene rings is 1. The lowest BCUT2D eigenvalue weighted by Gasteiger charge is -2.30. The minimum atomic E-state index is -1.06. The van der Waals surface area contributed by atoms with Crippen molar-refractivity contribution in [2.45, 2.75) is 24.5 Å². The molecule has 6 heteroatoms. The lowest BCUT2D eigenvalue weighted by Crippen LogP contribution is -2.46. The second-order valence-electron chi connectivity index (χ2n) is 4.98. The van der Waals surface area contributed by atoms with Gasteiger partial charge in [0.15, 0.2) is 0 Å². The third kappa shape index (κ3) is 3.07. The van der Waals surface area contributed by atoms with Gasteiger partial charge in [0.25, 0.3) is 0 Å². The van der Waals surface area contributed by atoms with Crippen LogP contribution in [0.2, 0.25) is 0 Å². The van der Waals surface area contributed by atoms with Crippen molar-refractivity contribution in [3.8, 4) is 5.75 Å². The number of carboxylic acid groups (broad SMARTS) is 1. The summed E-state index contributed by atoms with van der Waals surface area (Å²) in [5, 5.41) is 18.3. The van der Waals surface area contributed by atoms with Crippen molar-refractivity contribution in [1.82, 2.24) is 0 Å². The third-order valence-corrected chi connectivity index (χ3v) is 4.88. The molecule has 1 amide bonds. The summed E-state index contributed by atoms with van der Waals surface area (Å²) in [5.41, 5.74) is 0.490. The maximum absolute atomic E-state index is 12.7. The molecule has 0 spiro atoms. The molecular weight excluding hydrogens is 278 g/mol. The van der Waals surface area contributed by atoms with E-state index in [1.165, 1.54) is 17.0 Å². The molecule has 2 N–H and O–H groups in total. The van der Waals surface area contributed by atoms with Crippen LogP contribution in [0.25, 0.3) is 0 Å². The molecule has 5 nitrogen and oxygen atoms in total. The van der Waals surface area contributed by atoms with Crippen LogP contribution in [0.4, 0.5) is 5.69 Å². The first kappa shape index (κ1) is 14.7. The van der Waals surface area contributed by atoms with Crippen LogP contribution in [0.3, 0.4) is 0 Å². The smallest absolute Gasteiger partial charge is 0.323 e. The molecular formula is C14H17NO4S. The number of nitrogens with zero attached hydrogens (tertiary/aromatic N) is 1. The Morgan fingerprint density at radius 3 is 2.50 bits per heavy atom. The maximum Gasteiger partial charge on any atom is 0.323 e. The lowest BCUT2D eigenvalue weighted by atomic mass is 10.0. The zero-order chi connectivity index (χ0) is 14.8. The summed E-state index contributed by atoms with van der Waals surface area (Å²) in [4.78, 5) is 25.0. The second-order valence-corrected chi connectivity index (χ2v) is 6.58. The predicted molar refractivity (Wildman–Crippen MR) is 78.2 cm³/mol. The number of amides is 1. The first-order chi connectivity index (χ1) is 9.42. The molecule has 0 saturated carbocycles. The Morgan fingerprint density at radius 2 is 2.00 bits per heavy atom. The molecule has 1 unspecified atom stereocenters. The number of carbonyl (C=O) groups is 2. The van der Waals surface area contributed by atoms with Crippen LogP contribution in [0.15, 0.2) is 24.3 Å². The van der Waals surface area contributed by atoms with Crippen molar-refractivity contribution >= 4 is 29.3 Å². The van der Waals surface area contributed by atoms with E-state index in [4.69, 9.17) is 5.11 Å². The van der Waals surface area contributed by atoms with Crippen LogP contribution in [0.5, 0.6) is 5.75 Å². The quantitative estimate of drug-likeness (QED) is 0.889. The SMILES string of the molecule is CC1(C(=O)N(CC(=O)O)c2ccc(O)cc2)CCCS1. The van der Waals surface area contributed by atoms with Crippen molar-refractivity contribution in [2.24, 2.45) is 0 Å². The maximum atomic E-state index is 12.7. The van der Waals surface area contributed by atoms with Gasteiger partial charge >= 0.3 is 5.97 Å². The fourth-order valence-corrected chi connectivity index (χ4v) is 3.54. The summed E-state index contributed by atoms with van der Waals surface area (Å²) in [7, 11) is 0. The molecule has 0 radical (unpaired) electrons. The van der Waals surface area contributed by atoms with E-state index in [9.17, 15) is 14.7 Å². The molecule has 1 heterocycles. The van der Waals surface area contributed by atoms with Crippen molar-refractivity contribution in [1.29, 1.82) is 0 Å². The van der Waals surface area contributed by atoms with E-state index in [-0.39, 0.29) is 18.2 Å². The van der Waals surface area contributed by atoms with Crippen LogP contribution in [0, 0.1) is 0 Å². The number of rotatable bonds is 4. The Balaban J connectivity index is 2.29. The van der Waals surface area contributed by atoms with Gasteiger partial charge in [-0.25, -0.2) is 0 Å². The van der Waals surface area contributed by atoms with Crippen molar-refractivity contribution < 1.29 is 19.8 Å². The highest BCUT2D eigenvalue weighted by Crippen LogP contribution is 2.40. The van der Waals surface area contributed by atoms with Crippen LogP contribution >= 0.6 is 11.8 Å². The van der Waals surface area contributed by atoms with E-state index in [1.54, 1.807) is 23.9 Å². The zero-order valence-electron chi connectivity index (χ0n) is 11.2. The summed E-state index contributed by atoms with van der Waals surface area (Å²) in [6.45, 7) is 1.49. The largest absolute Gasteiger partial charge is 0.508 e. The van der Waals surface area contributed by atoms with Gasteiger partial charge in [0, 0.05) is 5.69 Å². The number of aliphatic carboxylic acids is 1. The van der Waals surface area contributed by atoms with Gasteiger partial charge in [0.2, 0.25) is 5.91 Å². The summed E-state index contributed by atoms with van der Waals surface area (Å²) in [6.07, 6.45) is 1.72. The van der Waals surface area contributed by atoms with Crippen LogP contribution in [-0.2, 0) is 9.59 Å². The number of anilines is 1. The molecule has 108 valence electrons. The van der Waals surface area contributed by atoms with Crippen LogP contribution < -0.4 is 4.90 Å². The van der Waals surface area contributed by atoms with Gasteiger partial charge in [-0.15, -0.1) is 11.8 Å². The summed E-state index contributed by atoms with van der Waals surface area (Å²) < 4.78 is -0.562. The average Bonchev–Trinajstić information content (AvgIpc) is 2.84. The standard InChI is InChI=1S/C14H17NO4S/c1-14(7-2-8-20-14)13(19)15(9-12(17)18)10-3-5-11(16)6-4-10/h3-6,16H,2,7-9H2,1H3,(H,17,18). The molecule has 0 bridgehead atoms. The number of carboxylic acids is 1. The normalized spacial score (nSPS) is 21.6. The van der Waals surface area contributed by atoms with E-state index in [1.807, 2.05) is 6.92 Å².